The van der Waals surface area contributed by atoms with E-state index in [1.165, 1.54) is 103 Å². The first-order chi connectivity index (χ1) is 28.0. The fourth-order valence-corrected chi connectivity index (χ4v) is 6.90. The molecule has 0 saturated heterocycles. The highest BCUT2D eigenvalue weighted by Gasteiger charge is 2.21. The highest BCUT2D eigenvalue weighted by molar-refractivity contribution is 7.45. The summed E-state index contributed by atoms with van der Waals surface area (Å²) in [5, 5.41) is 0. The Kier molecular flexibility index (Phi) is 39.0. The fourth-order valence-electron chi connectivity index (χ4n) is 6.17. The third kappa shape index (κ3) is 43.5. The molecule has 0 N–H and O–H groups in total. The molecule has 0 radical (unpaired) electrons. The minimum absolute atomic E-state index is 0.0377. The number of phosphoric acid groups is 1. The predicted molar refractivity (Wildman–Crippen MR) is 240 cm³/mol. The molecule has 0 aromatic carbocycles. The van der Waals surface area contributed by atoms with Gasteiger partial charge in [0.25, 0.3) is 7.82 Å². The predicted octanol–water partition coefficient (Wildman–Crippen LogP) is 12.8. The van der Waals surface area contributed by atoms with E-state index in [2.05, 4.69) is 62.5 Å². The van der Waals surface area contributed by atoms with Crippen molar-refractivity contribution < 1.29 is 42.1 Å². The minimum Gasteiger partial charge on any atom is -0.756 e. The average molecular weight is 838 g/mol. The van der Waals surface area contributed by atoms with E-state index in [0.29, 0.717) is 17.4 Å². The maximum absolute atomic E-state index is 12.7. The molecule has 0 fully saturated rings. The molecule has 0 aliphatic heterocycles. The van der Waals surface area contributed by atoms with E-state index >= 15 is 0 Å². The lowest BCUT2D eigenvalue weighted by atomic mass is 10.0. The van der Waals surface area contributed by atoms with Gasteiger partial charge in [0.15, 0.2) is 6.10 Å². The van der Waals surface area contributed by atoms with Gasteiger partial charge in [0.05, 0.1) is 27.7 Å². The largest absolute Gasteiger partial charge is 0.756 e. The second kappa shape index (κ2) is 40.4. The van der Waals surface area contributed by atoms with Crippen LogP contribution < -0.4 is 4.89 Å². The molecule has 0 aliphatic rings. The zero-order chi connectivity index (χ0) is 42.8. The van der Waals surface area contributed by atoms with Crippen LogP contribution in [0.2, 0.25) is 0 Å². The highest BCUT2D eigenvalue weighted by atomic mass is 31.2. The average Bonchev–Trinajstić information content (AvgIpc) is 3.17. The molecule has 0 bridgehead atoms. The van der Waals surface area contributed by atoms with E-state index in [-0.39, 0.29) is 26.1 Å². The maximum atomic E-state index is 12.7. The molecular weight excluding hydrogens is 750 g/mol. The molecule has 9 nitrogen and oxygen atoms in total. The molecule has 0 saturated carbocycles. The topological polar surface area (TPSA) is 111 Å². The van der Waals surface area contributed by atoms with Crippen molar-refractivity contribution in [1.29, 1.82) is 0 Å². The maximum Gasteiger partial charge on any atom is 0.306 e. The number of unbranched alkanes of at least 4 members (excludes halogenated alkanes) is 20. The number of quaternary nitrogens is 1. The second-order valence-electron chi connectivity index (χ2n) is 16.8. The Balaban J connectivity index is 4.39. The molecule has 0 aliphatic carbocycles. The number of rotatable bonds is 42. The van der Waals surface area contributed by atoms with Gasteiger partial charge in [-0.05, 0) is 57.8 Å². The van der Waals surface area contributed by atoms with Gasteiger partial charge in [0, 0.05) is 12.8 Å². The molecule has 0 rings (SSSR count). The molecule has 0 heterocycles. The van der Waals surface area contributed by atoms with Crippen LogP contribution in [-0.4, -0.2) is 70.0 Å². The standard InChI is InChI=1S/C48H88NO8P/c1-6-8-10-12-14-16-18-20-22-23-24-25-27-29-31-33-35-37-39-41-48(51)57-46(45-56-58(52,53)55-43-42-49(3,4)5)44-54-47(50)40-38-36-34-32-30-28-26-21-19-17-15-13-11-9-7-2/h14,16,20,22,24-25,29,31,46H,6-13,15,17-19,21,23,26-28,30,32-45H2,1-5H3/t46-/m1/s1. The molecule has 0 aromatic rings. The van der Waals surface area contributed by atoms with E-state index in [4.69, 9.17) is 18.5 Å². The number of carbonyl (C=O) groups is 2. The summed E-state index contributed by atoms with van der Waals surface area (Å²) >= 11 is 0. The molecular formula is C48H88NO8P. The van der Waals surface area contributed by atoms with Crippen LogP contribution in [0.1, 0.15) is 194 Å². The number of esters is 2. The highest BCUT2D eigenvalue weighted by Crippen LogP contribution is 2.38. The summed E-state index contributed by atoms with van der Waals surface area (Å²) in [5.74, 6) is -0.867. The summed E-state index contributed by atoms with van der Waals surface area (Å²) in [6, 6.07) is 0. The van der Waals surface area contributed by atoms with Crippen molar-refractivity contribution in [3.63, 3.8) is 0 Å². The summed E-state index contributed by atoms with van der Waals surface area (Å²) in [4.78, 5) is 37.6. The molecule has 0 aromatic heterocycles. The first-order valence-corrected chi connectivity index (χ1v) is 24.8. The van der Waals surface area contributed by atoms with Crippen molar-refractivity contribution in [3.8, 4) is 0 Å². The Hall–Kier alpha value is -2.03. The van der Waals surface area contributed by atoms with Crippen molar-refractivity contribution in [3.05, 3.63) is 48.6 Å². The smallest absolute Gasteiger partial charge is 0.306 e. The van der Waals surface area contributed by atoms with Crippen LogP contribution in [0.25, 0.3) is 0 Å². The van der Waals surface area contributed by atoms with Crippen molar-refractivity contribution in [2.45, 2.75) is 200 Å². The van der Waals surface area contributed by atoms with E-state index in [1.807, 2.05) is 21.1 Å². The Morgan fingerprint density at radius 1 is 0.534 bits per heavy atom. The van der Waals surface area contributed by atoms with Crippen LogP contribution in [0.3, 0.4) is 0 Å². The van der Waals surface area contributed by atoms with Gasteiger partial charge in [0.1, 0.15) is 19.8 Å². The number of hydrogen-bond donors (Lipinski definition) is 0. The molecule has 1 unspecified atom stereocenters. The normalized spacial score (nSPS) is 14.0. The number of carbonyl (C=O) groups excluding carboxylic acids is 2. The van der Waals surface area contributed by atoms with Gasteiger partial charge in [-0.1, -0.05) is 172 Å². The van der Waals surface area contributed by atoms with Gasteiger partial charge < -0.3 is 27.9 Å². The van der Waals surface area contributed by atoms with Crippen LogP contribution in [0, 0.1) is 0 Å². The van der Waals surface area contributed by atoms with Gasteiger partial charge in [0.2, 0.25) is 0 Å². The lowest BCUT2D eigenvalue weighted by molar-refractivity contribution is -0.870. The zero-order valence-corrected chi connectivity index (χ0v) is 38.9. The number of nitrogens with zero attached hydrogens (tertiary/aromatic N) is 1. The third-order valence-corrected chi connectivity index (χ3v) is 10.8. The number of likely N-dealkylation sites (N-methyl/N-ethyl adjacent to an activating group) is 1. The first-order valence-electron chi connectivity index (χ1n) is 23.3. The Labute approximate surface area is 356 Å². The molecule has 10 heteroatoms. The van der Waals surface area contributed by atoms with E-state index < -0.39 is 32.5 Å². The van der Waals surface area contributed by atoms with Crippen molar-refractivity contribution in [2.75, 3.05) is 47.5 Å². The van der Waals surface area contributed by atoms with Crippen LogP contribution in [-0.2, 0) is 32.7 Å². The lowest BCUT2D eigenvalue weighted by Gasteiger charge is -2.28. The van der Waals surface area contributed by atoms with Gasteiger partial charge in [-0.3, -0.25) is 14.2 Å². The van der Waals surface area contributed by atoms with Crippen LogP contribution >= 0.6 is 7.82 Å². The monoisotopic (exact) mass is 838 g/mol. The summed E-state index contributed by atoms with van der Waals surface area (Å²) in [5.41, 5.74) is 0. The number of allylic oxidation sites excluding steroid dienone is 8. The van der Waals surface area contributed by atoms with Crippen molar-refractivity contribution in [2.24, 2.45) is 0 Å². The third-order valence-electron chi connectivity index (χ3n) is 9.85. The fraction of sp³-hybridized carbons (Fsp3) is 0.792. The zero-order valence-electron chi connectivity index (χ0n) is 38.0. The summed E-state index contributed by atoms with van der Waals surface area (Å²) < 4.78 is 33.9. The number of phosphoric ester groups is 1. The number of hydrogen-bond acceptors (Lipinski definition) is 8. The molecule has 2 atom stereocenters. The van der Waals surface area contributed by atoms with Crippen LogP contribution in [0.5, 0.6) is 0 Å². The van der Waals surface area contributed by atoms with Crippen molar-refractivity contribution in [1.82, 2.24) is 0 Å². The quantitative estimate of drug-likeness (QED) is 0.0196. The molecule has 0 spiro atoms. The summed E-state index contributed by atoms with van der Waals surface area (Å²) in [6.07, 6.45) is 47.0. The summed E-state index contributed by atoms with van der Waals surface area (Å²) in [6.45, 7) is 4.17. The molecule has 58 heavy (non-hydrogen) atoms. The van der Waals surface area contributed by atoms with Gasteiger partial charge in [-0.25, -0.2) is 0 Å². The summed E-state index contributed by atoms with van der Waals surface area (Å²) in [7, 11) is 1.14. The van der Waals surface area contributed by atoms with Crippen LogP contribution in [0.4, 0.5) is 0 Å². The van der Waals surface area contributed by atoms with Gasteiger partial charge >= 0.3 is 11.9 Å². The SMILES string of the molecule is CCCCCC=CCC=CCC=CCC=CCCCCCC(=O)O[C@H](COC(=O)CCCCCCCCCCCCCCCCC)COP(=O)([O-])OCC[N+](C)(C)C. The van der Waals surface area contributed by atoms with E-state index in [9.17, 15) is 19.0 Å². The van der Waals surface area contributed by atoms with E-state index in [1.54, 1.807) is 0 Å². The second-order valence-corrected chi connectivity index (χ2v) is 18.2. The van der Waals surface area contributed by atoms with Gasteiger partial charge in [-0.2, -0.15) is 0 Å². The Morgan fingerprint density at radius 3 is 1.41 bits per heavy atom. The van der Waals surface area contributed by atoms with Crippen molar-refractivity contribution >= 4 is 19.8 Å². The number of ether oxygens (including phenoxy) is 2. The van der Waals surface area contributed by atoms with E-state index in [0.717, 1.165) is 57.8 Å². The molecule has 0 amide bonds. The Morgan fingerprint density at radius 2 is 0.931 bits per heavy atom. The molecule has 338 valence electrons. The van der Waals surface area contributed by atoms with Gasteiger partial charge in [-0.15, -0.1) is 0 Å². The lowest BCUT2D eigenvalue weighted by Crippen LogP contribution is -2.37. The first kappa shape index (κ1) is 56.0. The Bertz CT molecular complexity index is 1130. The van der Waals surface area contributed by atoms with Crippen LogP contribution in [0.15, 0.2) is 48.6 Å². The minimum atomic E-state index is -4.63.